The molecule has 1 rings (SSSR count). The second kappa shape index (κ2) is 5.60. The van der Waals surface area contributed by atoms with E-state index < -0.39 is 12.0 Å². The fourth-order valence-electron chi connectivity index (χ4n) is 1.30. The Morgan fingerprint density at radius 2 is 2.47 bits per heavy atom. The van der Waals surface area contributed by atoms with Crippen molar-refractivity contribution in [1.29, 1.82) is 0 Å². The van der Waals surface area contributed by atoms with Crippen LogP contribution < -0.4 is 5.73 Å². The van der Waals surface area contributed by atoms with E-state index in [4.69, 9.17) is 10.8 Å². The van der Waals surface area contributed by atoms with Crippen LogP contribution in [-0.2, 0) is 11.3 Å². The third-order valence-electron chi connectivity index (χ3n) is 2.09. The fraction of sp³-hybridized carbons (Fsp3) is 0.444. The van der Waals surface area contributed by atoms with Gasteiger partial charge in [0.25, 0.3) is 0 Å². The first-order chi connectivity index (χ1) is 7.04. The van der Waals surface area contributed by atoms with Crippen molar-refractivity contribution in [3.8, 4) is 0 Å². The van der Waals surface area contributed by atoms with Gasteiger partial charge in [-0.1, -0.05) is 0 Å². The van der Waals surface area contributed by atoms with Crippen molar-refractivity contribution in [3.05, 3.63) is 20.8 Å². The van der Waals surface area contributed by atoms with Crippen LogP contribution in [0.1, 0.15) is 5.56 Å². The molecule has 6 heteroatoms. The van der Waals surface area contributed by atoms with Crippen LogP contribution in [0.5, 0.6) is 0 Å². The van der Waals surface area contributed by atoms with Crippen molar-refractivity contribution in [2.75, 3.05) is 13.6 Å². The summed E-state index contributed by atoms with van der Waals surface area (Å²) in [5, 5.41) is 10.9. The van der Waals surface area contributed by atoms with Crippen molar-refractivity contribution < 1.29 is 9.90 Å². The lowest BCUT2D eigenvalue weighted by atomic mass is 10.2. The minimum absolute atomic E-state index is 0.122. The molecule has 0 aromatic carbocycles. The van der Waals surface area contributed by atoms with Crippen LogP contribution in [0, 0.1) is 0 Å². The molecule has 1 aromatic rings. The molecule has 0 aliphatic heterocycles. The average Bonchev–Trinajstić information content (AvgIpc) is 2.51. The lowest BCUT2D eigenvalue weighted by Crippen LogP contribution is -2.43. The minimum Gasteiger partial charge on any atom is -0.480 e. The van der Waals surface area contributed by atoms with Crippen molar-refractivity contribution in [1.82, 2.24) is 4.90 Å². The Kier molecular flexibility index (Phi) is 4.72. The smallest absolute Gasteiger partial charge is 0.322 e. The Labute approximate surface area is 101 Å². The lowest BCUT2D eigenvalue weighted by molar-refractivity contribution is -0.142. The SMILES string of the molecule is CN(Cc1csc(Br)c1)C(CN)C(=O)O. The summed E-state index contributed by atoms with van der Waals surface area (Å²) in [6.45, 7) is 0.716. The summed E-state index contributed by atoms with van der Waals surface area (Å²) in [6, 6.07) is 1.36. The molecular formula is C9H13BrN2O2S. The number of hydrogen-bond acceptors (Lipinski definition) is 4. The second-order valence-electron chi connectivity index (χ2n) is 3.26. The topological polar surface area (TPSA) is 66.6 Å². The molecule has 3 N–H and O–H groups in total. The van der Waals surface area contributed by atoms with E-state index in [0.29, 0.717) is 6.54 Å². The number of carbonyl (C=O) groups is 1. The molecule has 1 aromatic heterocycles. The lowest BCUT2D eigenvalue weighted by Gasteiger charge is -2.22. The molecule has 0 radical (unpaired) electrons. The zero-order chi connectivity index (χ0) is 11.4. The number of nitrogens with two attached hydrogens (primary N) is 1. The molecule has 0 aliphatic carbocycles. The highest BCUT2D eigenvalue weighted by atomic mass is 79.9. The van der Waals surface area contributed by atoms with Crippen LogP contribution in [0.3, 0.4) is 0 Å². The van der Waals surface area contributed by atoms with Crippen molar-refractivity contribution >= 4 is 33.2 Å². The first-order valence-electron chi connectivity index (χ1n) is 4.40. The molecule has 15 heavy (non-hydrogen) atoms. The summed E-state index contributed by atoms with van der Waals surface area (Å²) in [5.41, 5.74) is 6.50. The van der Waals surface area contributed by atoms with Gasteiger partial charge < -0.3 is 10.8 Å². The highest BCUT2D eigenvalue weighted by molar-refractivity contribution is 9.11. The molecule has 1 unspecified atom stereocenters. The van der Waals surface area contributed by atoms with Gasteiger partial charge in [0.2, 0.25) is 0 Å². The Hall–Kier alpha value is -0.430. The number of hydrogen-bond donors (Lipinski definition) is 2. The van der Waals surface area contributed by atoms with Gasteiger partial charge >= 0.3 is 5.97 Å². The third-order valence-corrected chi connectivity index (χ3v) is 3.65. The predicted octanol–water partition coefficient (Wildman–Crippen LogP) is 1.35. The van der Waals surface area contributed by atoms with Crippen molar-refractivity contribution in [2.24, 2.45) is 5.73 Å². The molecule has 84 valence electrons. The Morgan fingerprint density at radius 3 is 2.87 bits per heavy atom. The van der Waals surface area contributed by atoms with E-state index in [-0.39, 0.29) is 6.54 Å². The van der Waals surface area contributed by atoms with Gasteiger partial charge in [-0.25, -0.2) is 0 Å². The molecule has 0 amide bonds. The van der Waals surface area contributed by atoms with E-state index in [0.717, 1.165) is 9.35 Å². The number of carboxylic acid groups (broad SMARTS) is 1. The summed E-state index contributed by atoms with van der Waals surface area (Å²) < 4.78 is 1.05. The molecule has 0 saturated carbocycles. The van der Waals surface area contributed by atoms with Gasteiger partial charge in [-0.3, -0.25) is 9.69 Å². The van der Waals surface area contributed by atoms with Gasteiger partial charge in [0, 0.05) is 13.1 Å². The number of nitrogens with zero attached hydrogens (tertiary/aromatic N) is 1. The maximum atomic E-state index is 10.8. The normalized spacial score (nSPS) is 13.1. The molecule has 4 nitrogen and oxygen atoms in total. The summed E-state index contributed by atoms with van der Waals surface area (Å²) in [4.78, 5) is 12.6. The van der Waals surface area contributed by atoms with Gasteiger partial charge in [-0.15, -0.1) is 11.3 Å². The highest BCUT2D eigenvalue weighted by Gasteiger charge is 2.20. The van der Waals surface area contributed by atoms with Crippen LogP contribution in [0.25, 0.3) is 0 Å². The zero-order valence-corrected chi connectivity index (χ0v) is 10.7. The maximum absolute atomic E-state index is 10.8. The number of aliphatic carboxylic acids is 1. The Balaban J connectivity index is 2.61. The largest absolute Gasteiger partial charge is 0.480 e. The summed E-state index contributed by atoms with van der Waals surface area (Å²) in [6.07, 6.45) is 0. The van der Waals surface area contributed by atoms with Crippen molar-refractivity contribution in [2.45, 2.75) is 12.6 Å². The number of thiophene rings is 1. The molecule has 1 heterocycles. The second-order valence-corrected chi connectivity index (χ2v) is 5.55. The zero-order valence-electron chi connectivity index (χ0n) is 8.31. The van der Waals surface area contributed by atoms with E-state index in [1.807, 2.05) is 11.4 Å². The van der Waals surface area contributed by atoms with E-state index in [1.54, 1.807) is 23.3 Å². The Bertz CT molecular complexity index is 343. The summed E-state index contributed by atoms with van der Waals surface area (Å²) in [7, 11) is 1.76. The summed E-state index contributed by atoms with van der Waals surface area (Å²) in [5.74, 6) is -0.880. The van der Waals surface area contributed by atoms with Gasteiger partial charge in [-0.2, -0.15) is 0 Å². The maximum Gasteiger partial charge on any atom is 0.322 e. The number of carboxylic acids is 1. The fourth-order valence-corrected chi connectivity index (χ4v) is 2.50. The van der Waals surface area contributed by atoms with E-state index in [9.17, 15) is 4.79 Å². The first-order valence-corrected chi connectivity index (χ1v) is 6.08. The minimum atomic E-state index is -0.880. The summed E-state index contributed by atoms with van der Waals surface area (Å²) >= 11 is 4.95. The number of likely N-dealkylation sites (N-methyl/N-ethyl adjacent to an activating group) is 1. The predicted molar refractivity (Wildman–Crippen MR) is 64.0 cm³/mol. The first kappa shape index (κ1) is 12.6. The van der Waals surface area contributed by atoms with E-state index in [2.05, 4.69) is 15.9 Å². The molecule has 0 bridgehead atoms. The third kappa shape index (κ3) is 3.57. The van der Waals surface area contributed by atoms with Gasteiger partial charge in [-0.05, 0) is 40.0 Å². The van der Waals surface area contributed by atoms with Gasteiger partial charge in [0.15, 0.2) is 0 Å². The molecule has 0 spiro atoms. The highest BCUT2D eigenvalue weighted by Crippen LogP contribution is 2.21. The Morgan fingerprint density at radius 1 is 1.80 bits per heavy atom. The van der Waals surface area contributed by atoms with Gasteiger partial charge in [0.05, 0.1) is 3.79 Å². The standard InChI is InChI=1S/C9H13BrN2O2S/c1-12(7(3-11)9(13)14)4-6-2-8(10)15-5-6/h2,5,7H,3-4,11H2,1H3,(H,13,14). The van der Waals surface area contributed by atoms with Crippen LogP contribution in [-0.4, -0.2) is 35.6 Å². The monoisotopic (exact) mass is 292 g/mol. The quantitative estimate of drug-likeness (QED) is 0.860. The molecule has 0 saturated heterocycles. The van der Waals surface area contributed by atoms with E-state index >= 15 is 0 Å². The van der Waals surface area contributed by atoms with Crippen LogP contribution in [0.4, 0.5) is 0 Å². The van der Waals surface area contributed by atoms with Crippen LogP contribution in [0.15, 0.2) is 15.2 Å². The number of rotatable bonds is 5. The molecule has 0 fully saturated rings. The van der Waals surface area contributed by atoms with Crippen LogP contribution >= 0.6 is 27.3 Å². The molecule has 1 atom stereocenters. The average molecular weight is 293 g/mol. The number of halogens is 1. The van der Waals surface area contributed by atoms with Crippen LogP contribution in [0.2, 0.25) is 0 Å². The molecular weight excluding hydrogens is 280 g/mol. The van der Waals surface area contributed by atoms with E-state index in [1.165, 1.54) is 0 Å². The van der Waals surface area contributed by atoms with Crippen molar-refractivity contribution in [3.63, 3.8) is 0 Å². The van der Waals surface area contributed by atoms with Gasteiger partial charge in [0.1, 0.15) is 6.04 Å². The molecule has 0 aliphatic rings.